The van der Waals surface area contributed by atoms with Crippen molar-refractivity contribution in [1.29, 1.82) is 0 Å². The van der Waals surface area contributed by atoms with E-state index in [1.165, 1.54) is 205 Å². The maximum atomic E-state index is 12.9. The fourth-order valence-corrected chi connectivity index (χ4v) is 9.97. The van der Waals surface area contributed by atoms with Crippen molar-refractivity contribution in [1.82, 2.24) is 0 Å². The smallest absolute Gasteiger partial charge is 0.306 e. The highest BCUT2D eigenvalue weighted by Crippen LogP contribution is 2.17. The lowest BCUT2D eigenvalue weighted by molar-refractivity contribution is -0.167. The minimum atomic E-state index is -0.781. The molecule has 0 aromatic rings. The fourth-order valence-electron chi connectivity index (χ4n) is 9.97. The first kappa shape index (κ1) is 76.6. The first-order chi connectivity index (χ1) is 39.5. The maximum Gasteiger partial charge on any atom is 0.306 e. The van der Waals surface area contributed by atoms with Gasteiger partial charge in [0.05, 0.1) is 0 Å². The molecule has 0 radical (unpaired) electrons. The molecule has 0 bridgehead atoms. The number of allylic oxidation sites excluding steroid dienone is 14. The minimum Gasteiger partial charge on any atom is -0.462 e. The Bertz CT molecular complexity index is 1520. The molecule has 6 nitrogen and oxygen atoms in total. The highest BCUT2D eigenvalue weighted by atomic mass is 16.6. The number of unbranched alkanes of at least 4 members (excludes halogenated alkanes) is 38. The summed E-state index contributed by atoms with van der Waals surface area (Å²) in [5.74, 6) is -0.870. The summed E-state index contributed by atoms with van der Waals surface area (Å²) in [5, 5.41) is 0. The summed E-state index contributed by atoms with van der Waals surface area (Å²) in [7, 11) is 0. The lowest BCUT2D eigenvalue weighted by Crippen LogP contribution is -2.30. The summed E-state index contributed by atoms with van der Waals surface area (Å²) in [4.78, 5) is 38.4. The van der Waals surface area contributed by atoms with Crippen LogP contribution >= 0.6 is 0 Å². The van der Waals surface area contributed by atoms with Gasteiger partial charge >= 0.3 is 17.9 Å². The second-order valence-electron chi connectivity index (χ2n) is 23.1. The molecule has 0 aliphatic carbocycles. The molecule has 0 heterocycles. The Kier molecular flexibility index (Phi) is 65.2. The van der Waals surface area contributed by atoms with Crippen molar-refractivity contribution < 1.29 is 28.6 Å². The van der Waals surface area contributed by atoms with Crippen molar-refractivity contribution in [3.8, 4) is 0 Å². The molecule has 0 aromatic carbocycles. The van der Waals surface area contributed by atoms with Gasteiger partial charge in [0, 0.05) is 19.3 Å². The van der Waals surface area contributed by atoms with Gasteiger partial charge in [-0.1, -0.05) is 318 Å². The Labute approximate surface area is 496 Å². The summed E-state index contributed by atoms with van der Waals surface area (Å²) in [6.07, 6.45) is 90.3. The number of carbonyl (C=O) groups excluding carboxylic acids is 3. The van der Waals surface area contributed by atoms with Gasteiger partial charge in [-0.15, -0.1) is 0 Å². The van der Waals surface area contributed by atoms with Crippen LogP contribution in [0, 0.1) is 0 Å². The molecule has 1 atom stereocenters. The largest absolute Gasteiger partial charge is 0.462 e. The van der Waals surface area contributed by atoms with Crippen LogP contribution in [0.1, 0.15) is 348 Å². The maximum absolute atomic E-state index is 12.9. The van der Waals surface area contributed by atoms with E-state index < -0.39 is 6.10 Å². The van der Waals surface area contributed by atoms with Crippen molar-refractivity contribution in [3.05, 3.63) is 85.1 Å². The Hall–Kier alpha value is -3.41. The van der Waals surface area contributed by atoms with Crippen molar-refractivity contribution in [2.45, 2.75) is 354 Å². The Balaban J connectivity index is 4.30. The summed E-state index contributed by atoms with van der Waals surface area (Å²) in [5.41, 5.74) is 0. The van der Waals surface area contributed by atoms with E-state index in [9.17, 15) is 14.4 Å². The molecule has 1 unspecified atom stereocenters. The van der Waals surface area contributed by atoms with Gasteiger partial charge in [-0.3, -0.25) is 14.4 Å². The molecular weight excluding hydrogens is 985 g/mol. The SMILES string of the molecule is CC/C=C\C/C=C\C/C=C\C/C=C\C/C=C\C/C=C\CCCCCCCCCCCCC(=O)OCC(COC(=O)CCCCCCC/C=C\CCCCCCCC)OC(=O)CCCCCCCCCCCCCCCCCCCC. The van der Waals surface area contributed by atoms with Gasteiger partial charge in [-0.2, -0.15) is 0 Å². The zero-order valence-electron chi connectivity index (χ0n) is 53.1. The van der Waals surface area contributed by atoms with Crippen LogP contribution in [0.25, 0.3) is 0 Å². The van der Waals surface area contributed by atoms with Gasteiger partial charge in [-0.05, 0) is 96.3 Å². The average Bonchev–Trinajstić information content (AvgIpc) is 3.46. The Morgan fingerprint density at radius 2 is 0.487 bits per heavy atom. The summed E-state index contributed by atoms with van der Waals surface area (Å²) < 4.78 is 17.0. The van der Waals surface area contributed by atoms with E-state index in [0.717, 1.165) is 103 Å². The van der Waals surface area contributed by atoms with Crippen LogP contribution < -0.4 is 0 Å². The van der Waals surface area contributed by atoms with Crippen molar-refractivity contribution in [2.24, 2.45) is 0 Å². The fraction of sp³-hybridized carbons (Fsp3) is 0.770. The summed E-state index contributed by atoms with van der Waals surface area (Å²) in [6, 6.07) is 0. The molecule has 462 valence electrons. The number of carbonyl (C=O) groups is 3. The third kappa shape index (κ3) is 65.4. The highest BCUT2D eigenvalue weighted by molar-refractivity contribution is 5.71. The Morgan fingerprint density at radius 1 is 0.263 bits per heavy atom. The molecule has 0 rings (SSSR count). The lowest BCUT2D eigenvalue weighted by atomic mass is 10.0. The van der Waals surface area contributed by atoms with Gasteiger partial charge < -0.3 is 14.2 Å². The molecule has 0 saturated heterocycles. The number of hydrogen-bond donors (Lipinski definition) is 0. The van der Waals surface area contributed by atoms with Crippen molar-refractivity contribution in [2.75, 3.05) is 13.2 Å². The van der Waals surface area contributed by atoms with E-state index in [1.807, 2.05) is 0 Å². The molecule has 0 N–H and O–H groups in total. The molecule has 0 saturated carbocycles. The van der Waals surface area contributed by atoms with Crippen LogP contribution in [-0.2, 0) is 28.6 Å². The normalized spacial score (nSPS) is 12.6. The molecular formula is C74H130O6. The Morgan fingerprint density at radius 3 is 0.775 bits per heavy atom. The lowest BCUT2D eigenvalue weighted by Gasteiger charge is -2.18. The van der Waals surface area contributed by atoms with Crippen LogP contribution in [0.4, 0.5) is 0 Å². The van der Waals surface area contributed by atoms with Gasteiger partial charge in [0.25, 0.3) is 0 Å². The monoisotopic (exact) mass is 1110 g/mol. The predicted octanol–water partition coefficient (Wildman–Crippen LogP) is 23.8. The number of esters is 3. The van der Waals surface area contributed by atoms with Crippen LogP contribution in [0.5, 0.6) is 0 Å². The molecule has 0 amide bonds. The average molecular weight is 1120 g/mol. The van der Waals surface area contributed by atoms with Crippen LogP contribution in [0.2, 0.25) is 0 Å². The molecule has 0 fully saturated rings. The molecule has 0 aromatic heterocycles. The van der Waals surface area contributed by atoms with Gasteiger partial charge in [0.1, 0.15) is 13.2 Å². The molecule has 0 aliphatic heterocycles. The van der Waals surface area contributed by atoms with E-state index in [0.29, 0.717) is 19.3 Å². The molecule has 80 heavy (non-hydrogen) atoms. The predicted molar refractivity (Wildman–Crippen MR) is 348 cm³/mol. The molecule has 0 spiro atoms. The van der Waals surface area contributed by atoms with Crippen LogP contribution in [-0.4, -0.2) is 37.2 Å². The molecule has 6 heteroatoms. The third-order valence-corrected chi connectivity index (χ3v) is 15.1. The number of ether oxygens (including phenoxy) is 3. The van der Waals surface area contributed by atoms with E-state index in [4.69, 9.17) is 14.2 Å². The molecule has 0 aliphatic rings. The summed E-state index contributed by atoms with van der Waals surface area (Å²) >= 11 is 0. The second-order valence-corrected chi connectivity index (χ2v) is 23.1. The van der Waals surface area contributed by atoms with Gasteiger partial charge in [0.15, 0.2) is 6.10 Å². The standard InChI is InChI=1S/C74H130O6/c1-4-7-10-13-16-19-22-25-28-30-32-33-34-35-36-37-38-39-40-41-42-44-46-49-52-55-58-61-64-67-73(76)79-70-71(69-78-72(75)66-63-60-57-54-51-48-45-27-24-21-18-15-12-9-6-3)80-74(77)68-65-62-59-56-53-50-47-43-31-29-26-23-20-17-14-11-8-5-2/h7,10,16,19,25,27-28,32-33,35-36,38-39,45,71H,4-6,8-9,11-15,17-18,20-24,26,29-31,34,37,40-44,46-70H2,1-3H3/b10-7-,19-16-,28-25-,33-32-,36-35-,39-38-,45-27-. The van der Waals surface area contributed by atoms with E-state index in [2.05, 4.69) is 106 Å². The van der Waals surface area contributed by atoms with E-state index in [1.54, 1.807) is 0 Å². The van der Waals surface area contributed by atoms with E-state index in [-0.39, 0.29) is 31.1 Å². The third-order valence-electron chi connectivity index (χ3n) is 15.1. The topological polar surface area (TPSA) is 78.9 Å². The zero-order valence-corrected chi connectivity index (χ0v) is 53.1. The van der Waals surface area contributed by atoms with Gasteiger partial charge in [-0.25, -0.2) is 0 Å². The second kappa shape index (κ2) is 68.1. The van der Waals surface area contributed by atoms with E-state index >= 15 is 0 Å². The summed E-state index contributed by atoms with van der Waals surface area (Å²) in [6.45, 7) is 6.56. The highest BCUT2D eigenvalue weighted by Gasteiger charge is 2.19. The van der Waals surface area contributed by atoms with Gasteiger partial charge in [0.2, 0.25) is 0 Å². The number of rotatable bonds is 63. The van der Waals surface area contributed by atoms with Crippen LogP contribution in [0.15, 0.2) is 85.1 Å². The van der Waals surface area contributed by atoms with Crippen LogP contribution in [0.3, 0.4) is 0 Å². The van der Waals surface area contributed by atoms with Crippen molar-refractivity contribution in [3.63, 3.8) is 0 Å². The number of hydrogen-bond acceptors (Lipinski definition) is 6. The first-order valence-corrected chi connectivity index (χ1v) is 34.6. The minimum absolute atomic E-state index is 0.0776. The quantitative estimate of drug-likeness (QED) is 0.0261. The first-order valence-electron chi connectivity index (χ1n) is 34.6. The zero-order chi connectivity index (χ0) is 57.8. The van der Waals surface area contributed by atoms with Crippen molar-refractivity contribution >= 4 is 17.9 Å².